The molecular weight excluding hydrogens is 371 g/mol. The van der Waals surface area contributed by atoms with Gasteiger partial charge in [-0.15, -0.1) is 0 Å². The van der Waals surface area contributed by atoms with Crippen LogP contribution >= 0.6 is 0 Å². The fourth-order valence-electron chi connectivity index (χ4n) is 2.24. The van der Waals surface area contributed by atoms with Gasteiger partial charge in [0.25, 0.3) is 5.91 Å². The summed E-state index contributed by atoms with van der Waals surface area (Å²) in [5.74, 6) is -0.412. The second-order valence-corrected chi connectivity index (χ2v) is 5.64. The van der Waals surface area contributed by atoms with Crippen LogP contribution in [0.2, 0.25) is 0 Å². The minimum Gasteiger partial charge on any atom is -0.324 e. The van der Waals surface area contributed by atoms with E-state index in [4.69, 9.17) is 5.26 Å². The molecule has 0 saturated heterocycles. The van der Waals surface area contributed by atoms with E-state index in [-0.39, 0.29) is 17.2 Å². The summed E-state index contributed by atoms with van der Waals surface area (Å²) in [7, 11) is 0. The Kier molecular flexibility index (Phi) is 5.22. The van der Waals surface area contributed by atoms with Crippen LogP contribution in [0, 0.1) is 11.3 Å². The highest BCUT2D eigenvalue weighted by Crippen LogP contribution is 2.31. The molecule has 6 nitrogen and oxygen atoms in total. The second kappa shape index (κ2) is 7.75. The number of nitrogens with zero attached hydrogens (tertiary/aromatic N) is 3. The first-order valence-corrected chi connectivity index (χ1v) is 7.93. The topological polar surface area (TPSA) is 90.7 Å². The lowest BCUT2D eigenvalue weighted by atomic mass is 10.2. The van der Waals surface area contributed by atoms with Crippen LogP contribution in [0.1, 0.15) is 21.5 Å². The lowest BCUT2D eigenvalue weighted by molar-refractivity contribution is -0.137. The molecule has 1 heterocycles. The Labute approximate surface area is 157 Å². The number of nitriles is 1. The van der Waals surface area contributed by atoms with E-state index < -0.39 is 17.6 Å². The Morgan fingerprint density at radius 2 is 1.68 bits per heavy atom. The molecule has 1 amide bonds. The highest BCUT2D eigenvalue weighted by Gasteiger charge is 2.30. The Morgan fingerprint density at radius 3 is 2.29 bits per heavy atom. The predicted molar refractivity (Wildman–Crippen MR) is 95.9 cm³/mol. The molecule has 0 spiro atoms. The summed E-state index contributed by atoms with van der Waals surface area (Å²) in [6.45, 7) is 0. The summed E-state index contributed by atoms with van der Waals surface area (Å²) in [6, 6.07) is 12.9. The molecule has 0 saturated carbocycles. The van der Waals surface area contributed by atoms with Gasteiger partial charge in [0.2, 0.25) is 5.95 Å². The number of benzene rings is 2. The Hall–Kier alpha value is -3.93. The molecule has 2 aromatic carbocycles. The summed E-state index contributed by atoms with van der Waals surface area (Å²) in [6.07, 6.45) is -1.95. The molecule has 0 radical (unpaired) electrons. The first kappa shape index (κ1) is 18.8. The summed E-state index contributed by atoms with van der Waals surface area (Å²) in [4.78, 5) is 20.1. The minimum absolute atomic E-state index is 0.0502. The Morgan fingerprint density at radius 1 is 1.00 bits per heavy atom. The average molecular weight is 383 g/mol. The van der Waals surface area contributed by atoms with Crippen LogP contribution < -0.4 is 10.6 Å². The van der Waals surface area contributed by atoms with Gasteiger partial charge in [0.05, 0.1) is 22.8 Å². The van der Waals surface area contributed by atoms with Crippen LogP contribution in [0.5, 0.6) is 0 Å². The first-order chi connectivity index (χ1) is 13.3. The van der Waals surface area contributed by atoms with Crippen molar-refractivity contribution in [3.8, 4) is 6.07 Å². The van der Waals surface area contributed by atoms with E-state index in [1.54, 1.807) is 24.3 Å². The molecule has 28 heavy (non-hydrogen) atoms. The first-order valence-electron chi connectivity index (χ1n) is 7.93. The van der Waals surface area contributed by atoms with E-state index in [1.165, 1.54) is 24.5 Å². The molecule has 0 unspecified atom stereocenters. The van der Waals surface area contributed by atoms with Gasteiger partial charge in [0.15, 0.2) is 0 Å². The van der Waals surface area contributed by atoms with Gasteiger partial charge in [0.1, 0.15) is 0 Å². The van der Waals surface area contributed by atoms with Crippen molar-refractivity contribution in [2.45, 2.75) is 6.18 Å². The van der Waals surface area contributed by atoms with Gasteiger partial charge in [-0.05, 0) is 42.5 Å². The van der Waals surface area contributed by atoms with Crippen molar-refractivity contribution < 1.29 is 18.0 Å². The number of hydrogen-bond acceptors (Lipinski definition) is 5. The zero-order valence-corrected chi connectivity index (χ0v) is 14.2. The fraction of sp³-hybridized carbons (Fsp3) is 0.0526. The number of nitrogens with one attached hydrogen (secondary N) is 2. The van der Waals surface area contributed by atoms with Crippen LogP contribution in [0.4, 0.5) is 30.5 Å². The molecule has 0 fully saturated rings. The SMILES string of the molecule is N#Cc1ccc(NC(=O)c2cnc(Nc3cccc(C(F)(F)F)c3)nc2)cc1. The maximum Gasteiger partial charge on any atom is 0.416 e. The van der Waals surface area contributed by atoms with Crippen molar-refractivity contribution in [2.75, 3.05) is 10.6 Å². The number of hydrogen-bond donors (Lipinski definition) is 2. The molecule has 1 aromatic heterocycles. The van der Waals surface area contributed by atoms with Gasteiger partial charge in [-0.1, -0.05) is 6.07 Å². The third-order valence-electron chi connectivity index (χ3n) is 3.63. The van der Waals surface area contributed by atoms with E-state index in [0.717, 1.165) is 12.1 Å². The van der Waals surface area contributed by atoms with Crippen molar-refractivity contribution in [3.05, 3.63) is 77.6 Å². The number of alkyl halides is 3. The summed E-state index contributed by atoms with van der Waals surface area (Å²) in [5, 5.41) is 14.0. The predicted octanol–water partition coefficient (Wildman–Crippen LogP) is 4.36. The lowest BCUT2D eigenvalue weighted by Crippen LogP contribution is -2.13. The number of rotatable bonds is 4. The zero-order chi connectivity index (χ0) is 20.1. The third kappa shape index (κ3) is 4.62. The highest BCUT2D eigenvalue weighted by atomic mass is 19.4. The summed E-state index contributed by atoms with van der Waals surface area (Å²) < 4.78 is 38.3. The summed E-state index contributed by atoms with van der Waals surface area (Å²) >= 11 is 0. The monoisotopic (exact) mass is 383 g/mol. The molecule has 140 valence electrons. The Balaban J connectivity index is 1.67. The average Bonchev–Trinajstić information content (AvgIpc) is 2.69. The molecule has 3 rings (SSSR count). The normalized spacial score (nSPS) is 10.8. The molecule has 0 aliphatic carbocycles. The molecule has 3 aromatic rings. The number of aromatic nitrogens is 2. The number of carbonyl (C=O) groups is 1. The van der Waals surface area contributed by atoms with Crippen molar-refractivity contribution in [2.24, 2.45) is 0 Å². The standard InChI is InChI=1S/C19H12F3N5O/c20-19(21,22)14-2-1-3-16(8-14)27-18-24-10-13(11-25-18)17(28)26-15-6-4-12(9-23)5-7-15/h1-8,10-11H,(H,26,28)(H,24,25,27). The smallest absolute Gasteiger partial charge is 0.324 e. The van der Waals surface area contributed by atoms with Crippen LogP contribution in [-0.4, -0.2) is 15.9 Å². The van der Waals surface area contributed by atoms with Crippen LogP contribution in [0.15, 0.2) is 60.9 Å². The fourth-order valence-corrected chi connectivity index (χ4v) is 2.24. The van der Waals surface area contributed by atoms with Crippen LogP contribution in [0.25, 0.3) is 0 Å². The van der Waals surface area contributed by atoms with Crippen LogP contribution in [-0.2, 0) is 6.18 Å². The van der Waals surface area contributed by atoms with Gasteiger partial charge in [0, 0.05) is 23.8 Å². The van der Waals surface area contributed by atoms with E-state index in [1.807, 2.05) is 6.07 Å². The maximum atomic E-state index is 12.8. The minimum atomic E-state index is -4.45. The van der Waals surface area contributed by atoms with Gasteiger partial charge in [-0.3, -0.25) is 4.79 Å². The van der Waals surface area contributed by atoms with Crippen molar-refractivity contribution >= 4 is 23.2 Å². The largest absolute Gasteiger partial charge is 0.416 e. The maximum absolute atomic E-state index is 12.8. The number of anilines is 3. The van der Waals surface area contributed by atoms with Gasteiger partial charge in [-0.2, -0.15) is 18.4 Å². The van der Waals surface area contributed by atoms with Crippen molar-refractivity contribution in [1.82, 2.24) is 9.97 Å². The van der Waals surface area contributed by atoms with Gasteiger partial charge >= 0.3 is 6.18 Å². The van der Waals surface area contributed by atoms with E-state index in [9.17, 15) is 18.0 Å². The third-order valence-corrected chi connectivity index (χ3v) is 3.63. The number of halogens is 3. The molecule has 2 N–H and O–H groups in total. The van der Waals surface area contributed by atoms with Gasteiger partial charge in [-0.25, -0.2) is 9.97 Å². The van der Waals surface area contributed by atoms with Crippen molar-refractivity contribution in [1.29, 1.82) is 5.26 Å². The zero-order valence-electron chi connectivity index (χ0n) is 14.2. The van der Waals surface area contributed by atoms with E-state index >= 15 is 0 Å². The molecule has 9 heteroatoms. The number of amides is 1. The highest BCUT2D eigenvalue weighted by molar-refractivity contribution is 6.03. The molecular formula is C19H12F3N5O. The molecule has 0 bridgehead atoms. The lowest BCUT2D eigenvalue weighted by Gasteiger charge is -2.10. The second-order valence-electron chi connectivity index (χ2n) is 5.64. The van der Waals surface area contributed by atoms with Gasteiger partial charge < -0.3 is 10.6 Å². The summed E-state index contributed by atoms with van der Waals surface area (Å²) in [5.41, 5.74) is 0.501. The molecule has 0 aliphatic heterocycles. The van der Waals surface area contributed by atoms with E-state index in [2.05, 4.69) is 20.6 Å². The van der Waals surface area contributed by atoms with Crippen molar-refractivity contribution in [3.63, 3.8) is 0 Å². The van der Waals surface area contributed by atoms with E-state index in [0.29, 0.717) is 11.3 Å². The quantitative estimate of drug-likeness (QED) is 0.698. The van der Waals surface area contributed by atoms with Crippen LogP contribution in [0.3, 0.4) is 0 Å². The molecule has 0 atom stereocenters. The number of carbonyl (C=O) groups excluding carboxylic acids is 1. The molecule has 0 aliphatic rings. The Bertz CT molecular complexity index is 1030.